The molecule has 1 saturated heterocycles. The first kappa shape index (κ1) is 23.7. The van der Waals surface area contributed by atoms with E-state index in [1.165, 1.54) is 40.7 Å². The number of nitrogens with zero attached hydrogens (tertiary/aromatic N) is 1. The lowest BCUT2D eigenvalue weighted by Gasteiger charge is -2.32. The molecule has 3 rings (SSSR count). The molecule has 1 N–H and O–H groups in total. The van der Waals surface area contributed by atoms with Crippen LogP contribution in [0.3, 0.4) is 0 Å². The SMILES string of the molecule is C[C@H](NC(=O)[C@@H]1CCCN(S(=O)(=O)c2ccc(Cl)cc2)C1)c1ccc(S(C)(=O)=O)cc1. The van der Waals surface area contributed by atoms with Gasteiger partial charge in [-0.15, -0.1) is 0 Å². The largest absolute Gasteiger partial charge is 0.349 e. The number of nitrogens with one attached hydrogen (secondary N) is 1. The standard InChI is InChI=1S/C21H25ClN2O5S2/c1-15(16-5-9-19(10-6-16)30(2,26)27)23-21(25)17-4-3-13-24(14-17)31(28,29)20-11-7-18(22)8-12-20/h5-12,15,17H,3-4,13-14H2,1-2H3,(H,23,25)/t15-,17+/m0/s1. The van der Waals surface area contributed by atoms with Crippen LogP contribution in [0.1, 0.15) is 31.4 Å². The lowest BCUT2D eigenvalue weighted by Crippen LogP contribution is -2.45. The summed E-state index contributed by atoms with van der Waals surface area (Å²) >= 11 is 5.85. The van der Waals surface area contributed by atoms with Crippen molar-refractivity contribution in [3.05, 3.63) is 59.1 Å². The number of rotatable bonds is 6. The molecule has 0 spiro atoms. The molecule has 1 aliphatic heterocycles. The summed E-state index contributed by atoms with van der Waals surface area (Å²) in [6.07, 6.45) is 2.32. The molecule has 2 aromatic carbocycles. The zero-order chi connectivity index (χ0) is 22.8. The summed E-state index contributed by atoms with van der Waals surface area (Å²) in [5, 5.41) is 3.37. The van der Waals surface area contributed by atoms with E-state index in [1.807, 2.05) is 0 Å². The van der Waals surface area contributed by atoms with Crippen LogP contribution in [0.2, 0.25) is 5.02 Å². The van der Waals surface area contributed by atoms with E-state index in [0.717, 1.165) is 11.8 Å². The first-order valence-corrected chi connectivity index (χ1v) is 13.6. The molecule has 31 heavy (non-hydrogen) atoms. The van der Waals surface area contributed by atoms with Crippen LogP contribution in [0.15, 0.2) is 58.3 Å². The third kappa shape index (κ3) is 5.65. The minimum atomic E-state index is -3.71. The highest BCUT2D eigenvalue weighted by Gasteiger charge is 2.33. The van der Waals surface area contributed by atoms with Crippen LogP contribution in [0.5, 0.6) is 0 Å². The van der Waals surface area contributed by atoms with Crippen LogP contribution < -0.4 is 5.32 Å². The molecule has 7 nitrogen and oxygen atoms in total. The van der Waals surface area contributed by atoms with Gasteiger partial charge >= 0.3 is 0 Å². The average Bonchev–Trinajstić information content (AvgIpc) is 2.73. The second-order valence-electron chi connectivity index (χ2n) is 7.73. The molecule has 0 unspecified atom stereocenters. The van der Waals surface area contributed by atoms with Crippen molar-refractivity contribution in [1.82, 2.24) is 9.62 Å². The Morgan fingerprint density at radius 1 is 1.03 bits per heavy atom. The predicted octanol–water partition coefficient (Wildman–Crippen LogP) is 3.02. The maximum atomic E-state index is 12.9. The zero-order valence-electron chi connectivity index (χ0n) is 17.3. The lowest BCUT2D eigenvalue weighted by molar-refractivity contribution is -0.126. The van der Waals surface area contributed by atoms with Crippen LogP contribution in [-0.2, 0) is 24.7 Å². The number of halogens is 1. The van der Waals surface area contributed by atoms with E-state index >= 15 is 0 Å². The van der Waals surface area contributed by atoms with Gasteiger partial charge in [0.15, 0.2) is 9.84 Å². The van der Waals surface area contributed by atoms with Gasteiger partial charge in [-0.1, -0.05) is 23.7 Å². The summed E-state index contributed by atoms with van der Waals surface area (Å²) in [5.74, 6) is -0.690. The Labute approximate surface area is 188 Å². The monoisotopic (exact) mass is 484 g/mol. The van der Waals surface area contributed by atoms with E-state index in [2.05, 4.69) is 5.32 Å². The third-order valence-corrected chi connectivity index (χ3v) is 8.63. The Bertz CT molecular complexity index is 1150. The van der Waals surface area contributed by atoms with Gasteiger partial charge in [-0.3, -0.25) is 4.79 Å². The predicted molar refractivity (Wildman–Crippen MR) is 119 cm³/mol. The van der Waals surface area contributed by atoms with Crippen LogP contribution in [0.25, 0.3) is 0 Å². The van der Waals surface area contributed by atoms with Crippen molar-refractivity contribution in [2.75, 3.05) is 19.3 Å². The van der Waals surface area contributed by atoms with Gasteiger partial charge < -0.3 is 5.32 Å². The van der Waals surface area contributed by atoms with E-state index < -0.39 is 25.8 Å². The van der Waals surface area contributed by atoms with Crippen molar-refractivity contribution in [3.8, 4) is 0 Å². The van der Waals surface area contributed by atoms with Gasteiger partial charge in [-0.05, 0) is 61.7 Å². The van der Waals surface area contributed by atoms with Crippen LogP contribution in [0.4, 0.5) is 0 Å². The fourth-order valence-electron chi connectivity index (χ4n) is 3.55. The molecule has 0 aliphatic carbocycles. The van der Waals surface area contributed by atoms with Crippen LogP contribution in [-0.4, -0.2) is 46.4 Å². The molecule has 2 aromatic rings. The number of carbonyl (C=O) groups excluding carboxylic acids is 1. The molecule has 168 valence electrons. The smallest absolute Gasteiger partial charge is 0.243 e. The van der Waals surface area contributed by atoms with E-state index in [-0.39, 0.29) is 28.3 Å². The second-order valence-corrected chi connectivity index (χ2v) is 12.1. The molecule has 0 saturated carbocycles. The van der Waals surface area contributed by atoms with Crippen LogP contribution >= 0.6 is 11.6 Å². The molecule has 1 amide bonds. The van der Waals surface area contributed by atoms with E-state index in [1.54, 1.807) is 19.1 Å². The first-order chi connectivity index (χ1) is 14.5. The molecule has 10 heteroatoms. The van der Waals surface area contributed by atoms with Gasteiger partial charge in [0.05, 0.1) is 21.8 Å². The summed E-state index contributed by atoms with van der Waals surface area (Å²) < 4.78 is 50.4. The lowest BCUT2D eigenvalue weighted by atomic mass is 9.98. The molecule has 2 atom stereocenters. The maximum Gasteiger partial charge on any atom is 0.243 e. The zero-order valence-corrected chi connectivity index (χ0v) is 19.7. The molecule has 1 fully saturated rings. The summed E-state index contributed by atoms with van der Waals surface area (Å²) in [6, 6.07) is 12.0. The number of hydrogen-bond donors (Lipinski definition) is 1. The highest BCUT2D eigenvalue weighted by atomic mass is 35.5. The maximum absolute atomic E-state index is 12.9. The molecule has 0 aromatic heterocycles. The number of sulfonamides is 1. The third-order valence-electron chi connectivity index (χ3n) is 5.37. The number of piperidine rings is 1. The van der Waals surface area contributed by atoms with Crippen molar-refractivity contribution in [2.24, 2.45) is 5.92 Å². The topological polar surface area (TPSA) is 101 Å². The molecule has 1 aliphatic rings. The molecule has 0 radical (unpaired) electrons. The van der Waals surface area contributed by atoms with E-state index in [4.69, 9.17) is 11.6 Å². The first-order valence-electron chi connectivity index (χ1n) is 9.84. The summed E-state index contributed by atoms with van der Waals surface area (Å²) in [6.45, 7) is 2.27. The number of benzene rings is 2. The van der Waals surface area contributed by atoms with Gasteiger partial charge in [-0.25, -0.2) is 16.8 Å². The van der Waals surface area contributed by atoms with Crippen molar-refractivity contribution < 1.29 is 21.6 Å². The second kappa shape index (κ2) is 9.28. The molecule has 0 bridgehead atoms. The fraction of sp³-hybridized carbons (Fsp3) is 0.381. The van der Waals surface area contributed by atoms with Gasteiger partial charge in [0, 0.05) is 24.4 Å². The Morgan fingerprint density at radius 3 is 2.19 bits per heavy atom. The number of carbonyl (C=O) groups is 1. The Balaban J connectivity index is 1.67. The fourth-order valence-corrected chi connectivity index (χ4v) is 5.83. The average molecular weight is 485 g/mol. The number of hydrogen-bond acceptors (Lipinski definition) is 5. The summed E-state index contributed by atoms with van der Waals surface area (Å²) in [7, 11) is -6.99. The Hall–Kier alpha value is -1.94. The van der Waals surface area contributed by atoms with E-state index in [9.17, 15) is 21.6 Å². The summed E-state index contributed by atoms with van der Waals surface area (Å²) in [5.41, 5.74) is 0.766. The normalized spacial score (nSPS) is 19.0. The molecular formula is C21H25ClN2O5S2. The van der Waals surface area contributed by atoms with E-state index in [0.29, 0.717) is 24.4 Å². The van der Waals surface area contributed by atoms with Crippen molar-refractivity contribution >= 4 is 37.4 Å². The Kier molecular flexibility index (Phi) is 7.10. The highest BCUT2D eigenvalue weighted by molar-refractivity contribution is 7.90. The Morgan fingerprint density at radius 2 is 1.61 bits per heavy atom. The number of amides is 1. The molecular weight excluding hydrogens is 460 g/mol. The van der Waals surface area contributed by atoms with Crippen molar-refractivity contribution in [2.45, 2.75) is 35.6 Å². The van der Waals surface area contributed by atoms with Gasteiger partial charge in [-0.2, -0.15) is 4.31 Å². The van der Waals surface area contributed by atoms with Crippen molar-refractivity contribution in [3.63, 3.8) is 0 Å². The molecule has 1 heterocycles. The van der Waals surface area contributed by atoms with Gasteiger partial charge in [0.2, 0.25) is 15.9 Å². The quantitative estimate of drug-likeness (QED) is 0.679. The summed E-state index contributed by atoms with van der Waals surface area (Å²) in [4.78, 5) is 13.2. The number of sulfone groups is 1. The minimum absolute atomic E-state index is 0.108. The van der Waals surface area contributed by atoms with Crippen molar-refractivity contribution in [1.29, 1.82) is 0 Å². The van der Waals surface area contributed by atoms with Gasteiger partial charge in [0.1, 0.15) is 0 Å². The highest BCUT2D eigenvalue weighted by Crippen LogP contribution is 2.26. The van der Waals surface area contributed by atoms with Gasteiger partial charge in [0.25, 0.3) is 0 Å². The van der Waals surface area contributed by atoms with Crippen LogP contribution in [0, 0.1) is 5.92 Å². The minimum Gasteiger partial charge on any atom is -0.349 e.